The first-order valence-electron chi connectivity index (χ1n) is 10.2. The number of sulfonamides is 1. The maximum absolute atomic E-state index is 13.0. The molecular formula is C20H28N4O5S. The third-order valence-corrected chi connectivity index (χ3v) is 6.63. The average molecular weight is 437 g/mol. The Hall–Kier alpha value is -2.62. The molecule has 3 rings (SSSR count). The summed E-state index contributed by atoms with van der Waals surface area (Å²) >= 11 is 0. The minimum absolute atomic E-state index is 0.0558. The Labute approximate surface area is 177 Å². The zero-order chi connectivity index (χ0) is 21.9. The molecule has 0 aliphatic carbocycles. The van der Waals surface area contributed by atoms with E-state index in [-0.39, 0.29) is 16.9 Å². The largest absolute Gasteiger partial charge is 0.450 e. The third-order valence-electron chi connectivity index (χ3n) is 5.25. The summed E-state index contributed by atoms with van der Waals surface area (Å²) in [5.41, 5.74) is 0.853. The molecule has 0 radical (unpaired) electrons. The Kier molecular flexibility index (Phi) is 6.64. The lowest BCUT2D eigenvalue weighted by atomic mass is 10.1. The van der Waals surface area contributed by atoms with Crippen molar-refractivity contribution in [3.05, 3.63) is 23.8 Å². The number of anilines is 1. The molecule has 0 N–H and O–H groups in total. The molecule has 9 nitrogen and oxygen atoms in total. The van der Waals surface area contributed by atoms with Gasteiger partial charge >= 0.3 is 6.09 Å². The Bertz CT molecular complexity index is 952. The summed E-state index contributed by atoms with van der Waals surface area (Å²) in [7, 11) is -3.86. The van der Waals surface area contributed by atoms with E-state index in [0.29, 0.717) is 56.4 Å². The summed E-state index contributed by atoms with van der Waals surface area (Å²) in [6.45, 7) is 7.94. The van der Waals surface area contributed by atoms with Crippen LogP contribution in [0, 0.1) is 0 Å². The fraction of sp³-hybridized carbons (Fsp3) is 0.550. The molecule has 2 aliphatic heterocycles. The number of fused-ring (bicyclic) bond motifs is 1. The van der Waals surface area contributed by atoms with Crippen LogP contribution < -0.4 is 4.90 Å². The van der Waals surface area contributed by atoms with Crippen molar-refractivity contribution in [1.29, 1.82) is 0 Å². The van der Waals surface area contributed by atoms with E-state index < -0.39 is 10.0 Å². The van der Waals surface area contributed by atoms with Crippen LogP contribution in [0.2, 0.25) is 0 Å². The number of hydrogen-bond donors (Lipinski definition) is 0. The van der Waals surface area contributed by atoms with Crippen molar-refractivity contribution in [1.82, 2.24) is 9.80 Å². The maximum atomic E-state index is 13.0. The molecule has 0 saturated carbocycles. The van der Waals surface area contributed by atoms with Crippen molar-refractivity contribution < 1.29 is 22.7 Å². The highest BCUT2D eigenvalue weighted by atomic mass is 32.2. The van der Waals surface area contributed by atoms with Crippen LogP contribution in [0.5, 0.6) is 0 Å². The molecule has 164 valence electrons. The molecule has 2 heterocycles. The van der Waals surface area contributed by atoms with Gasteiger partial charge in [-0.1, -0.05) is 13.3 Å². The smallest absolute Gasteiger partial charge is 0.409 e. The lowest BCUT2D eigenvalue weighted by Gasteiger charge is -2.34. The SMILES string of the molecule is CCCCN1C(C)=NS(=O)(=O)c2cc(C(=O)N3CCN(C(=O)OCC)CC3)ccc21. The Morgan fingerprint density at radius 3 is 2.40 bits per heavy atom. The van der Waals surface area contributed by atoms with Gasteiger partial charge in [0.05, 0.1) is 12.3 Å². The molecule has 1 fully saturated rings. The van der Waals surface area contributed by atoms with Gasteiger partial charge in [-0.2, -0.15) is 8.42 Å². The standard InChI is InChI=1S/C20H28N4O5S/c1-4-6-9-24-15(3)21-30(27,28)18-14-16(7-8-17(18)24)19(25)22-10-12-23(13-11-22)20(26)29-5-2/h7-8,14H,4-6,9-13H2,1-3H3. The van der Waals surface area contributed by atoms with E-state index >= 15 is 0 Å². The second-order valence-electron chi connectivity index (χ2n) is 7.28. The zero-order valence-corrected chi connectivity index (χ0v) is 18.4. The van der Waals surface area contributed by atoms with Crippen LogP contribution in [0.1, 0.15) is 44.0 Å². The minimum Gasteiger partial charge on any atom is -0.450 e. The van der Waals surface area contributed by atoms with Gasteiger partial charge in [-0.25, -0.2) is 4.79 Å². The number of benzene rings is 1. The van der Waals surface area contributed by atoms with Gasteiger partial charge in [0.15, 0.2) is 0 Å². The number of carbonyl (C=O) groups excluding carboxylic acids is 2. The fourth-order valence-corrected chi connectivity index (χ4v) is 4.87. The Morgan fingerprint density at radius 1 is 1.10 bits per heavy atom. The summed E-state index contributed by atoms with van der Waals surface area (Å²) in [5.74, 6) is 0.174. The molecule has 0 unspecified atom stereocenters. The minimum atomic E-state index is -3.86. The summed E-state index contributed by atoms with van der Waals surface area (Å²) in [4.78, 5) is 29.9. The van der Waals surface area contributed by atoms with Crippen molar-refractivity contribution in [3.8, 4) is 0 Å². The molecule has 1 aromatic carbocycles. The number of rotatable bonds is 5. The molecule has 10 heteroatoms. The van der Waals surface area contributed by atoms with Crippen LogP contribution in [-0.4, -0.2) is 75.4 Å². The van der Waals surface area contributed by atoms with Crippen LogP contribution >= 0.6 is 0 Å². The van der Waals surface area contributed by atoms with Gasteiger partial charge in [0.2, 0.25) is 0 Å². The van der Waals surface area contributed by atoms with E-state index in [4.69, 9.17) is 4.74 Å². The van der Waals surface area contributed by atoms with Crippen LogP contribution in [0.15, 0.2) is 27.5 Å². The quantitative estimate of drug-likeness (QED) is 0.702. The summed E-state index contributed by atoms with van der Waals surface area (Å²) < 4.78 is 34.1. The van der Waals surface area contributed by atoms with E-state index in [1.54, 1.807) is 35.8 Å². The van der Waals surface area contributed by atoms with Crippen molar-refractivity contribution in [2.45, 2.75) is 38.5 Å². The highest BCUT2D eigenvalue weighted by molar-refractivity contribution is 7.90. The lowest BCUT2D eigenvalue weighted by Crippen LogP contribution is -2.50. The van der Waals surface area contributed by atoms with Gasteiger partial charge in [-0.05, 0) is 38.5 Å². The molecule has 0 spiro atoms. The van der Waals surface area contributed by atoms with Crippen molar-refractivity contribution >= 4 is 33.5 Å². The van der Waals surface area contributed by atoms with Gasteiger partial charge in [-0.15, -0.1) is 4.40 Å². The third kappa shape index (κ3) is 4.43. The first-order valence-corrected chi connectivity index (χ1v) is 11.7. The maximum Gasteiger partial charge on any atom is 0.409 e. The number of nitrogens with zero attached hydrogens (tertiary/aromatic N) is 4. The number of hydrogen-bond acceptors (Lipinski definition) is 6. The molecule has 2 aliphatic rings. The number of ether oxygens (including phenoxy) is 1. The van der Waals surface area contributed by atoms with Crippen LogP contribution in [-0.2, 0) is 14.8 Å². The van der Waals surface area contributed by atoms with Gasteiger partial charge in [0, 0.05) is 38.3 Å². The van der Waals surface area contributed by atoms with Gasteiger partial charge in [-0.3, -0.25) is 4.79 Å². The first-order chi connectivity index (χ1) is 14.3. The predicted octanol–water partition coefficient (Wildman–Crippen LogP) is 2.33. The molecular weight excluding hydrogens is 408 g/mol. The van der Waals surface area contributed by atoms with Crippen LogP contribution in [0.3, 0.4) is 0 Å². The Morgan fingerprint density at radius 2 is 1.77 bits per heavy atom. The van der Waals surface area contributed by atoms with Gasteiger partial charge in [0.1, 0.15) is 10.7 Å². The highest BCUT2D eigenvalue weighted by Gasteiger charge is 2.31. The van der Waals surface area contributed by atoms with Crippen LogP contribution in [0.4, 0.5) is 10.5 Å². The average Bonchev–Trinajstić information content (AvgIpc) is 2.73. The summed E-state index contributed by atoms with van der Waals surface area (Å²) in [6, 6.07) is 4.76. The fourth-order valence-electron chi connectivity index (χ4n) is 3.61. The normalized spacial score (nSPS) is 18.0. The number of carbonyl (C=O) groups is 2. The topological polar surface area (TPSA) is 99.6 Å². The summed E-state index contributed by atoms with van der Waals surface area (Å²) in [5, 5.41) is 0. The lowest BCUT2D eigenvalue weighted by molar-refractivity contribution is 0.0570. The summed E-state index contributed by atoms with van der Waals surface area (Å²) in [6.07, 6.45) is 1.49. The van der Waals surface area contributed by atoms with Gasteiger partial charge in [0.25, 0.3) is 15.9 Å². The Balaban J connectivity index is 1.80. The molecule has 1 aromatic rings. The second-order valence-corrected chi connectivity index (χ2v) is 8.85. The van der Waals surface area contributed by atoms with Crippen molar-refractivity contribution in [3.63, 3.8) is 0 Å². The van der Waals surface area contributed by atoms with Crippen molar-refractivity contribution in [2.75, 3.05) is 44.2 Å². The molecule has 30 heavy (non-hydrogen) atoms. The molecule has 0 bridgehead atoms. The number of amidine groups is 1. The predicted molar refractivity (Wildman–Crippen MR) is 113 cm³/mol. The molecule has 0 atom stereocenters. The second kappa shape index (κ2) is 9.03. The van der Waals surface area contributed by atoms with E-state index in [1.807, 2.05) is 4.90 Å². The molecule has 0 aromatic heterocycles. The number of amides is 2. The van der Waals surface area contributed by atoms with E-state index in [1.165, 1.54) is 6.07 Å². The number of unbranched alkanes of at least 4 members (excludes halogenated alkanes) is 1. The molecule has 1 saturated heterocycles. The van der Waals surface area contributed by atoms with E-state index in [9.17, 15) is 18.0 Å². The van der Waals surface area contributed by atoms with Crippen LogP contribution in [0.25, 0.3) is 0 Å². The monoisotopic (exact) mass is 436 g/mol. The highest BCUT2D eigenvalue weighted by Crippen LogP contribution is 2.33. The molecule has 2 amide bonds. The van der Waals surface area contributed by atoms with Crippen molar-refractivity contribution in [2.24, 2.45) is 4.40 Å². The zero-order valence-electron chi connectivity index (χ0n) is 17.6. The van der Waals surface area contributed by atoms with E-state index in [0.717, 1.165) is 12.8 Å². The van der Waals surface area contributed by atoms with E-state index in [2.05, 4.69) is 11.3 Å². The van der Waals surface area contributed by atoms with Gasteiger partial charge < -0.3 is 19.4 Å². The number of piperazine rings is 1. The first kappa shape index (κ1) is 22.1.